The molecule has 0 aromatic rings. The van der Waals surface area contributed by atoms with Gasteiger partial charge in [-0.05, 0) is 47.5 Å². The Kier molecular flexibility index (Phi) is 7.71. The van der Waals surface area contributed by atoms with Crippen LogP contribution in [0.2, 0.25) is 0 Å². The first-order valence-electron chi connectivity index (χ1n) is 5.66. The molecule has 0 bridgehead atoms. The van der Waals surface area contributed by atoms with Crippen LogP contribution < -0.4 is 0 Å². The van der Waals surface area contributed by atoms with E-state index in [2.05, 4.69) is 65.0 Å². The van der Waals surface area contributed by atoms with Gasteiger partial charge in [0.15, 0.2) is 0 Å². The van der Waals surface area contributed by atoms with E-state index >= 15 is 0 Å². The highest BCUT2D eigenvalue weighted by Crippen LogP contribution is 2.07. The van der Waals surface area contributed by atoms with Crippen LogP contribution in [0, 0.1) is 0 Å². The Balaban J connectivity index is 4.00. The van der Waals surface area contributed by atoms with Crippen molar-refractivity contribution < 1.29 is 0 Å². The van der Waals surface area contributed by atoms with Gasteiger partial charge in [0, 0.05) is 0 Å². The molecule has 0 heterocycles. The molecular formula is C15H24. The van der Waals surface area contributed by atoms with Crippen molar-refractivity contribution in [3.05, 3.63) is 47.1 Å². The predicted molar refractivity (Wildman–Crippen MR) is 71.0 cm³/mol. The minimum absolute atomic E-state index is 1.15. The van der Waals surface area contributed by atoms with Crippen LogP contribution in [0.1, 0.15) is 47.5 Å². The fourth-order valence-electron chi connectivity index (χ4n) is 1.13. The summed E-state index contributed by atoms with van der Waals surface area (Å²) in [6.07, 6.45) is 13.2. The molecule has 0 aliphatic rings. The van der Waals surface area contributed by atoms with E-state index in [4.69, 9.17) is 0 Å². The predicted octanol–water partition coefficient (Wildman–Crippen LogP) is 5.20. The summed E-state index contributed by atoms with van der Waals surface area (Å²) >= 11 is 0. The average Bonchev–Trinajstić information content (AvgIpc) is 2.17. The van der Waals surface area contributed by atoms with Crippen LogP contribution in [-0.2, 0) is 0 Å². The molecule has 84 valence electrons. The normalized spacial score (nSPS) is 13.4. The Hall–Kier alpha value is -1.04. The van der Waals surface area contributed by atoms with Crippen LogP contribution >= 0.6 is 0 Å². The molecule has 0 fully saturated rings. The maximum Gasteiger partial charge on any atom is -0.0285 e. The van der Waals surface area contributed by atoms with Crippen molar-refractivity contribution in [1.29, 1.82) is 0 Å². The van der Waals surface area contributed by atoms with Crippen molar-refractivity contribution in [1.82, 2.24) is 0 Å². The minimum Gasteiger partial charge on any atom is -0.0856 e. The van der Waals surface area contributed by atoms with Gasteiger partial charge in [-0.25, -0.2) is 0 Å². The molecule has 0 aliphatic heterocycles. The largest absolute Gasteiger partial charge is 0.0856 e. The van der Waals surface area contributed by atoms with E-state index in [0.717, 1.165) is 12.8 Å². The summed E-state index contributed by atoms with van der Waals surface area (Å²) in [6, 6.07) is 0. The molecule has 15 heavy (non-hydrogen) atoms. The fourth-order valence-corrected chi connectivity index (χ4v) is 1.13. The van der Waals surface area contributed by atoms with E-state index in [9.17, 15) is 0 Å². The van der Waals surface area contributed by atoms with Crippen LogP contribution in [0.4, 0.5) is 0 Å². The molecule has 0 saturated carbocycles. The number of hydrogen-bond donors (Lipinski definition) is 0. The SMILES string of the molecule is CC=C(C)C=CC=C(C)CCC=C(C)C. The van der Waals surface area contributed by atoms with Crippen molar-refractivity contribution in [2.75, 3.05) is 0 Å². The lowest BCUT2D eigenvalue weighted by Gasteiger charge is -1.96. The lowest BCUT2D eigenvalue weighted by atomic mass is 10.1. The zero-order valence-electron chi connectivity index (χ0n) is 10.8. The van der Waals surface area contributed by atoms with E-state index < -0.39 is 0 Å². The van der Waals surface area contributed by atoms with Crippen LogP contribution in [0.15, 0.2) is 47.1 Å². The van der Waals surface area contributed by atoms with Gasteiger partial charge in [-0.2, -0.15) is 0 Å². The van der Waals surface area contributed by atoms with Gasteiger partial charge in [-0.15, -0.1) is 0 Å². The quantitative estimate of drug-likeness (QED) is 0.426. The van der Waals surface area contributed by atoms with Gasteiger partial charge < -0.3 is 0 Å². The summed E-state index contributed by atoms with van der Waals surface area (Å²) in [7, 11) is 0. The van der Waals surface area contributed by atoms with E-state index in [1.54, 1.807) is 0 Å². The summed E-state index contributed by atoms with van der Waals surface area (Å²) in [4.78, 5) is 0. The second-order valence-corrected chi connectivity index (χ2v) is 4.22. The van der Waals surface area contributed by atoms with Crippen LogP contribution in [0.3, 0.4) is 0 Å². The molecule has 0 rings (SSSR count). The topological polar surface area (TPSA) is 0 Å². The van der Waals surface area contributed by atoms with Gasteiger partial charge in [0.2, 0.25) is 0 Å². The highest BCUT2D eigenvalue weighted by Gasteiger charge is 1.86. The Morgan fingerprint density at radius 3 is 2.27 bits per heavy atom. The van der Waals surface area contributed by atoms with Gasteiger partial charge in [0.05, 0.1) is 0 Å². The number of hydrogen-bond acceptors (Lipinski definition) is 0. The molecule has 0 radical (unpaired) electrons. The Labute approximate surface area is 95.1 Å². The number of allylic oxidation sites excluding steroid dienone is 8. The molecule has 0 aliphatic carbocycles. The fraction of sp³-hybridized carbons (Fsp3) is 0.467. The molecule has 0 aromatic carbocycles. The minimum atomic E-state index is 1.15. The molecule has 0 nitrogen and oxygen atoms in total. The van der Waals surface area contributed by atoms with E-state index in [1.807, 2.05) is 0 Å². The molecule has 0 unspecified atom stereocenters. The molecule has 0 amide bonds. The zero-order valence-corrected chi connectivity index (χ0v) is 10.8. The third kappa shape index (κ3) is 9.27. The summed E-state index contributed by atoms with van der Waals surface area (Å²) in [5, 5.41) is 0. The smallest absolute Gasteiger partial charge is 0.0285 e. The monoisotopic (exact) mass is 204 g/mol. The third-order valence-electron chi connectivity index (χ3n) is 2.29. The lowest BCUT2D eigenvalue weighted by Crippen LogP contribution is -1.76. The van der Waals surface area contributed by atoms with Crippen LogP contribution in [-0.4, -0.2) is 0 Å². The zero-order chi connectivity index (χ0) is 11.7. The second kappa shape index (κ2) is 8.28. The van der Waals surface area contributed by atoms with Gasteiger partial charge in [-0.1, -0.05) is 47.1 Å². The Morgan fingerprint density at radius 2 is 1.73 bits per heavy atom. The molecule has 0 heteroatoms. The van der Waals surface area contributed by atoms with Gasteiger partial charge >= 0.3 is 0 Å². The summed E-state index contributed by atoms with van der Waals surface area (Å²) in [6.45, 7) is 10.7. The summed E-state index contributed by atoms with van der Waals surface area (Å²) in [5.41, 5.74) is 4.15. The average molecular weight is 204 g/mol. The van der Waals surface area contributed by atoms with Crippen molar-refractivity contribution in [3.8, 4) is 0 Å². The molecule has 0 aromatic heterocycles. The molecule has 0 spiro atoms. The first-order valence-corrected chi connectivity index (χ1v) is 5.66. The highest BCUT2D eigenvalue weighted by atomic mass is 13.9. The van der Waals surface area contributed by atoms with Crippen molar-refractivity contribution in [2.45, 2.75) is 47.5 Å². The van der Waals surface area contributed by atoms with Crippen LogP contribution in [0.5, 0.6) is 0 Å². The molecular weight excluding hydrogens is 180 g/mol. The molecule has 0 N–H and O–H groups in total. The second-order valence-electron chi connectivity index (χ2n) is 4.22. The van der Waals surface area contributed by atoms with E-state index in [1.165, 1.54) is 16.7 Å². The van der Waals surface area contributed by atoms with Crippen molar-refractivity contribution in [3.63, 3.8) is 0 Å². The Morgan fingerprint density at radius 1 is 1.07 bits per heavy atom. The van der Waals surface area contributed by atoms with Gasteiger partial charge in [-0.3, -0.25) is 0 Å². The van der Waals surface area contributed by atoms with Crippen molar-refractivity contribution >= 4 is 0 Å². The first-order chi connectivity index (χ1) is 7.06. The van der Waals surface area contributed by atoms with E-state index in [-0.39, 0.29) is 0 Å². The Bertz CT molecular complexity index is 281. The number of rotatable bonds is 5. The summed E-state index contributed by atoms with van der Waals surface area (Å²) in [5.74, 6) is 0. The van der Waals surface area contributed by atoms with Gasteiger partial charge in [0.25, 0.3) is 0 Å². The van der Waals surface area contributed by atoms with Crippen LogP contribution in [0.25, 0.3) is 0 Å². The standard InChI is InChI=1S/C15H24/c1-6-14(4)10-8-12-15(5)11-7-9-13(2)3/h6,8-10,12H,7,11H2,1-5H3. The van der Waals surface area contributed by atoms with Gasteiger partial charge in [0.1, 0.15) is 0 Å². The van der Waals surface area contributed by atoms with E-state index in [0.29, 0.717) is 0 Å². The maximum absolute atomic E-state index is 2.29. The highest BCUT2D eigenvalue weighted by molar-refractivity contribution is 5.21. The third-order valence-corrected chi connectivity index (χ3v) is 2.29. The molecule has 0 saturated heterocycles. The molecule has 0 atom stereocenters. The maximum atomic E-state index is 2.29. The first kappa shape index (κ1) is 14.0. The van der Waals surface area contributed by atoms with Crippen molar-refractivity contribution in [2.24, 2.45) is 0 Å². The lowest BCUT2D eigenvalue weighted by molar-refractivity contribution is 0.967. The summed E-state index contributed by atoms with van der Waals surface area (Å²) < 4.78 is 0.